The van der Waals surface area contributed by atoms with Crippen molar-refractivity contribution >= 4 is 22.8 Å². The molecule has 0 saturated heterocycles. The van der Waals surface area contributed by atoms with Gasteiger partial charge in [-0.2, -0.15) is 0 Å². The van der Waals surface area contributed by atoms with Crippen molar-refractivity contribution in [1.82, 2.24) is 15.3 Å². The van der Waals surface area contributed by atoms with Gasteiger partial charge in [0.05, 0.1) is 12.2 Å². The second-order valence-electron chi connectivity index (χ2n) is 6.23. The zero-order valence-electron chi connectivity index (χ0n) is 15.4. The molecule has 0 aliphatic rings. The van der Waals surface area contributed by atoms with E-state index in [-0.39, 0.29) is 12.2 Å². The molecule has 0 bridgehead atoms. The zero-order chi connectivity index (χ0) is 20.3. The fourth-order valence-electron chi connectivity index (χ4n) is 2.67. The van der Waals surface area contributed by atoms with Crippen LogP contribution in [0.1, 0.15) is 27.5 Å². The lowest BCUT2D eigenvalue weighted by Crippen LogP contribution is -2.46. The van der Waals surface area contributed by atoms with E-state index in [1.165, 1.54) is 0 Å². The highest BCUT2D eigenvalue weighted by Crippen LogP contribution is 2.29. The van der Waals surface area contributed by atoms with Crippen LogP contribution >= 0.6 is 0 Å². The van der Waals surface area contributed by atoms with Gasteiger partial charge in [0.15, 0.2) is 0 Å². The number of hydrogen-bond donors (Lipinski definition) is 3. The predicted octanol–water partition coefficient (Wildman–Crippen LogP) is 0.995. The van der Waals surface area contributed by atoms with E-state index in [4.69, 9.17) is 14.9 Å². The van der Waals surface area contributed by atoms with Crippen LogP contribution in [-0.2, 0) is 11.4 Å². The van der Waals surface area contributed by atoms with Gasteiger partial charge in [-0.25, -0.2) is 9.97 Å². The van der Waals surface area contributed by atoms with Gasteiger partial charge in [-0.15, -0.1) is 0 Å². The Morgan fingerprint density at radius 2 is 2.00 bits per heavy atom. The lowest BCUT2D eigenvalue weighted by molar-refractivity contribution is -0.120. The lowest BCUT2D eigenvalue weighted by Gasteiger charge is -2.12. The van der Waals surface area contributed by atoms with Crippen molar-refractivity contribution < 1.29 is 23.8 Å². The first-order valence-corrected chi connectivity index (χ1v) is 8.53. The molecule has 4 N–H and O–H groups in total. The minimum absolute atomic E-state index is 0.249. The molecule has 1 aromatic carbocycles. The first-order chi connectivity index (χ1) is 13.4. The summed E-state index contributed by atoms with van der Waals surface area (Å²) in [5.74, 6) is 0.171. The van der Waals surface area contributed by atoms with E-state index in [0.29, 0.717) is 28.3 Å². The molecule has 0 aliphatic carbocycles. The molecule has 0 aliphatic heterocycles. The van der Waals surface area contributed by atoms with E-state index in [1.807, 2.05) is 0 Å². The number of nitrogens with two attached hydrogens (primary N) is 1. The Bertz CT molecular complexity index is 1010. The molecule has 2 heterocycles. The number of aryl methyl sites for hydroxylation is 2. The highest BCUT2D eigenvalue weighted by atomic mass is 16.5. The number of aromatic nitrogens is 2. The van der Waals surface area contributed by atoms with E-state index < -0.39 is 24.5 Å². The largest absolute Gasteiger partial charge is 0.489 e. The molecule has 3 aromatic rings. The molecule has 0 radical (unpaired) electrons. The molecule has 2 amide bonds. The van der Waals surface area contributed by atoms with Crippen LogP contribution in [0.25, 0.3) is 11.0 Å². The van der Waals surface area contributed by atoms with Crippen LogP contribution < -0.4 is 15.8 Å². The van der Waals surface area contributed by atoms with Gasteiger partial charge in [0.25, 0.3) is 5.91 Å². The van der Waals surface area contributed by atoms with Crippen molar-refractivity contribution in [2.24, 2.45) is 5.73 Å². The molecule has 0 spiro atoms. The third kappa shape index (κ3) is 4.09. The van der Waals surface area contributed by atoms with Crippen LogP contribution in [0.5, 0.6) is 5.75 Å². The Kier molecular flexibility index (Phi) is 5.55. The number of nitrogens with zero attached hydrogens (tertiary/aromatic N) is 2. The number of fused-ring (bicyclic) bond motifs is 1. The number of ether oxygens (including phenoxy) is 1. The van der Waals surface area contributed by atoms with Crippen LogP contribution in [0.4, 0.5) is 0 Å². The van der Waals surface area contributed by atoms with Crippen molar-refractivity contribution in [1.29, 1.82) is 0 Å². The van der Waals surface area contributed by atoms with Gasteiger partial charge in [-0.05, 0) is 32.0 Å². The Balaban J connectivity index is 1.84. The quantitative estimate of drug-likeness (QED) is 0.552. The third-order valence-electron chi connectivity index (χ3n) is 4.13. The summed E-state index contributed by atoms with van der Waals surface area (Å²) in [7, 11) is 0. The van der Waals surface area contributed by atoms with Crippen molar-refractivity contribution in [3.63, 3.8) is 0 Å². The number of rotatable bonds is 7. The molecular weight excluding hydrogens is 364 g/mol. The van der Waals surface area contributed by atoms with Crippen LogP contribution in [0.3, 0.4) is 0 Å². The number of nitrogens with one attached hydrogen (secondary N) is 1. The summed E-state index contributed by atoms with van der Waals surface area (Å²) in [6.45, 7) is 3.10. The van der Waals surface area contributed by atoms with E-state index in [9.17, 15) is 14.7 Å². The number of aliphatic hydroxyl groups excluding tert-OH is 1. The molecule has 0 unspecified atom stereocenters. The summed E-state index contributed by atoms with van der Waals surface area (Å²) < 4.78 is 11.4. The average Bonchev–Trinajstić information content (AvgIpc) is 3.00. The van der Waals surface area contributed by atoms with Gasteiger partial charge < -0.3 is 25.3 Å². The number of primary amides is 1. The minimum atomic E-state index is -1.18. The van der Waals surface area contributed by atoms with E-state index in [1.54, 1.807) is 44.4 Å². The smallest absolute Gasteiger partial charge is 0.256 e. The third-order valence-corrected chi connectivity index (χ3v) is 4.13. The molecular formula is C19H20N4O5. The van der Waals surface area contributed by atoms with Gasteiger partial charge in [0.1, 0.15) is 35.6 Å². The molecule has 1 atom stereocenters. The van der Waals surface area contributed by atoms with E-state index >= 15 is 0 Å². The van der Waals surface area contributed by atoms with Gasteiger partial charge in [-0.3, -0.25) is 9.59 Å². The number of amides is 2. The summed E-state index contributed by atoms with van der Waals surface area (Å²) in [6.07, 6.45) is 3.36. The second-order valence-corrected chi connectivity index (χ2v) is 6.23. The van der Waals surface area contributed by atoms with E-state index in [2.05, 4.69) is 15.3 Å². The summed E-state index contributed by atoms with van der Waals surface area (Å²) in [4.78, 5) is 32.1. The normalized spacial score (nSPS) is 12.0. The first-order valence-electron chi connectivity index (χ1n) is 8.53. The maximum Gasteiger partial charge on any atom is 0.256 e. The molecule has 28 heavy (non-hydrogen) atoms. The Morgan fingerprint density at radius 1 is 1.29 bits per heavy atom. The molecule has 0 fully saturated rings. The molecule has 9 heteroatoms. The SMILES string of the molecule is Cc1ncc(COc2ccc3oc(C)c(C(=O)N[C@@H](CO)C(N)=O)c3c2)cn1. The molecule has 2 aromatic heterocycles. The van der Waals surface area contributed by atoms with Crippen LogP contribution in [0.2, 0.25) is 0 Å². The molecule has 9 nitrogen and oxygen atoms in total. The second kappa shape index (κ2) is 8.05. The number of carbonyl (C=O) groups excluding carboxylic acids is 2. The fourth-order valence-corrected chi connectivity index (χ4v) is 2.67. The minimum Gasteiger partial charge on any atom is -0.489 e. The summed E-state index contributed by atoms with van der Waals surface area (Å²) in [5.41, 5.74) is 6.71. The summed E-state index contributed by atoms with van der Waals surface area (Å²) >= 11 is 0. The molecule has 0 saturated carbocycles. The van der Waals surface area contributed by atoms with Crippen LogP contribution in [-0.4, -0.2) is 39.5 Å². The van der Waals surface area contributed by atoms with Crippen LogP contribution in [0.15, 0.2) is 35.0 Å². The van der Waals surface area contributed by atoms with Gasteiger partial charge in [0, 0.05) is 23.3 Å². The van der Waals surface area contributed by atoms with Gasteiger partial charge in [-0.1, -0.05) is 0 Å². The van der Waals surface area contributed by atoms with Crippen molar-refractivity contribution in [3.8, 4) is 5.75 Å². The Morgan fingerprint density at radius 3 is 2.64 bits per heavy atom. The van der Waals surface area contributed by atoms with Gasteiger partial charge in [0.2, 0.25) is 5.91 Å². The fraction of sp³-hybridized carbons (Fsp3) is 0.263. The number of aliphatic hydroxyl groups is 1. The van der Waals surface area contributed by atoms with Gasteiger partial charge >= 0.3 is 0 Å². The van der Waals surface area contributed by atoms with Crippen LogP contribution in [0, 0.1) is 13.8 Å². The van der Waals surface area contributed by atoms with E-state index in [0.717, 1.165) is 5.56 Å². The topological polar surface area (TPSA) is 141 Å². The van der Waals surface area contributed by atoms with Crippen molar-refractivity contribution in [3.05, 3.63) is 53.3 Å². The molecule has 3 rings (SSSR count). The highest BCUT2D eigenvalue weighted by Gasteiger charge is 2.23. The zero-order valence-corrected chi connectivity index (χ0v) is 15.4. The Labute approximate surface area is 160 Å². The average molecular weight is 384 g/mol. The maximum atomic E-state index is 12.6. The monoisotopic (exact) mass is 384 g/mol. The number of benzene rings is 1. The Hall–Kier alpha value is -3.46. The maximum absolute atomic E-state index is 12.6. The predicted molar refractivity (Wildman–Crippen MR) is 99.6 cm³/mol. The van der Waals surface area contributed by atoms with Crippen molar-refractivity contribution in [2.45, 2.75) is 26.5 Å². The highest BCUT2D eigenvalue weighted by molar-refractivity contribution is 6.08. The molecule has 146 valence electrons. The standard InChI is InChI=1S/C19H20N4O5/c1-10-17(19(26)23-15(8-24)18(20)25)14-5-13(3-4-16(14)28-10)27-9-12-6-21-11(2)22-7-12/h3-7,15,24H,8-9H2,1-2H3,(H2,20,25)(H,23,26)/t15-/m0/s1. The first kappa shape index (κ1) is 19.3. The lowest BCUT2D eigenvalue weighted by atomic mass is 10.1. The summed E-state index contributed by atoms with van der Waals surface area (Å²) in [6, 6.07) is 3.91. The number of furan rings is 1. The number of carbonyl (C=O) groups is 2. The summed E-state index contributed by atoms with van der Waals surface area (Å²) in [5, 5.41) is 12.1. The number of hydrogen-bond acceptors (Lipinski definition) is 7. The van der Waals surface area contributed by atoms with Crippen molar-refractivity contribution in [2.75, 3.05) is 6.61 Å².